The Morgan fingerprint density at radius 2 is 1.96 bits per heavy atom. The monoisotopic (exact) mass is 341 g/mol. The van der Waals surface area contributed by atoms with Crippen LogP contribution >= 0.6 is 0 Å². The molecule has 6 nitrogen and oxygen atoms in total. The molecule has 2 rings (SSSR count). The lowest BCUT2D eigenvalue weighted by atomic mass is 10.3. The molecule has 8 heteroatoms. The fourth-order valence-corrected chi connectivity index (χ4v) is 3.48. The van der Waals surface area contributed by atoms with Crippen molar-refractivity contribution in [3.8, 4) is 5.75 Å². The van der Waals surface area contributed by atoms with E-state index in [0.29, 0.717) is 17.1 Å². The van der Waals surface area contributed by atoms with E-state index in [1.54, 1.807) is 39.4 Å². The lowest BCUT2D eigenvalue weighted by Gasteiger charge is -2.15. The highest BCUT2D eigenvalue weighted by atomic mass is 32.2. The molecular formula is C15H20FN3O3S. The van der Waals surface area contributed by atoms with Crippen molar-refractivity contribution in [2.45, 2.75) is 38.7 Å². The maximum Gasteiger partial charge on any atom is 0.265 e. The summed E-state index contributed by atoms with van der Waals surface area (Å²) in [6.45, 7) is 6.97. The zero-order chi connectivity index (χ0) is 17.4. The number of rotatable bonds is 5. The standard InChI is InChI=1S/C15H20FN3O3S/c1-9(2)22-13-7-6-12(16)8-14(13)23(20,21)18-15-10(3)17-19(5)11(15)4/h6-9,18H,1-5H3. The smallest absolute Gasteiger partial charge is 0.265 e. The van der Waals surface area contributed by atoms with Gasteiger partial charge in [0.1, 0.15) is 16.5 Å². The number of ether oxygens (including phenoxy) is 1. The van der Waals surface area contributed by atoms with E-state index in [1.165, 1.54) is 6.07 Å². The number of nitrogens with zero attached hydrogens (tertiary/aromatic N) is 2. The third-order valence-corrected chi connectivity index (χ3v) is 4.67. The number of hydrogen-bond donors (Lipinski definition) is 1. The summed E-state index contributed by atoms with van der Waals surface area (Å²) in [4.78, 5) is -0.242. The van der Waals surface area contributed by atoms with Crippen LogP contribution in [0.5, 0.6) is 5.75 Å². The first-order valence-electron chi connectivity index (χ1n) is 7.11. The molecule has 0 radical (unpaired) electrons. The molecule has 0 spiro atoms. The first kappa shape index (κ1) is 17.3. The Morgan fingerprint density at radius 3 is 2.48 bits per heavy atom. The van der Waals surface area contributed by atoms with Crippen molar-refractivity contribution in [3.63, 3.8) is 0 Å². The Labute approximate surface area is 135 Å². The summed E-state index contributed by atoms with van der Waals surface area (Å²) in [6.07, 6.45) is -0.240. The first-order valence-corrected chi connectivity index (χ1v) is 8.59. The maximum absolute atomic E-state index is 13.6. The van der Waals surface area contributed by atoms with Gasteiger partial charge in [0.05, 0.1) is 23.2 Å². The minimum Gasteiger partial charge on any atom is -0.490 e. The van der Waals surface area contributed by atoms with Gasteiger partial charge in [-0.25, -0.2) is 12.8 Å². The molecule has 0 fully saturated rings. The third kappa shape index (κ3) is 3.64. The maximum atomic E-state index is 13.6. The highest BCUT2D eigenvalue weighted by Crippen LogP contribution is 2.29. The summed E-state index contributed by atoms with van der Waals surface area (Å²) in [6, 6.07) is 3.42. The molecule has 1 N–H and O–H groups in total. The van der Waals surface area contributed by atoms with Gasteiger partial charge >= 0.3 is 0 Å². The topological polar surface area (TPSA) is 73.2 Å². The van der Waals surface area contributed by atoms with E-state index in [2.05, 4.69) is 9.82 Å². The van der Waals surface area contributed by atoms with Crippen LogP contribution in [0.15, 0.2) is 23.1 Å². The van der Waals surface area contributed by atoms with Crippen LogP contribution in [0.25, 0.3) is 0 Å². The van der Waals surface area contributed by atoms with Gasteiger partial charge in [0.25, 0.3) is 10.0 Å². The minimum atomic E-state index is -4.01. The molecule has 0 aliphatic carbocycles. The Morgan fingerprint density at radius 1 is 1.30 bits per heavy atom. The average Bonchev–Trinajstić information content (AvgIpc) is 2.66. The molecule has 0 bridgehead atoms. The lowest BCUT2D eigenvalue weighted by Crippen LogP contribution is -2.17. The fourth-order valence-electron chi connectivity index (χ4n) is 2.15. The van der Waals surface area contributed by atoms with E-state index >= 15 is 0 Å². The second-order valence-electron chi connectivity index (χ2n) is 5.53. The van der Waals surface area contributed by atoms with Crippen LogP contribution in [0, 0.1) is 19.7 Å². The Kier molecular flexibility index (Phi) is 4.65. The second kappa shape index (κ2) is 6.19. The second-order valence-corrected chi connectivity index (χ2v) is 7.18. The van der Waals surface area contributed by atoms with E-state index in [9.17, 15) is 12.8 Å². The average molecular weight is 341 g/mol. The third-order valence-electron chi connectivity index (χ3n) is 3.30. The number of nitrogens with one attached hydrogen (secondary N) is 1. The summed E-state index contributed by atoms with van der Waals surface area (Å²) in [5, 5.41) is 4.16. The Balaban J connectivity index is 2.49. The number of anilines is 1. The molecule has 0 atom stereocenters. The van der Waals surface area contributed by atoms with Gasteiger partial charge in [-0.15, -0.1) is 0 Å². The van der Waals surface area contributed by atoms with Gasteiger partial charge in [0.2, 0.25) is 0 Å². The zero-order valence-corrected chi connectivity index (χ0v) is 14.5. The predicted molar refractivity (Wildman–Crippen MR) is 85.7 cm³/mol. The number of benzene rings is 1. The Hall–Kier alpha value is -2.09. The summed E-state index contributed by atoms with van der Waals surface area (Å²) < 4.78 is 48.4. The summed E-state index contributed by atoms with van der Waals surface area (Å²) in [7, 11) is -2.29. The summed E-state index contributed by atoms with van der Waals surface area (Å²) in [5.41, 5.74) is 1.58. The highest BCUT2D eigenvalue weighted by Gasteiger charge is 2.24. The van der Waals surface area contributed by atoms with Crippen molar-refractivity contribution < 1.29 is 17.5 Å². The molecule has 1 aromatic heterocycles. The van der Waals surface area contributed by atoms with Gasteiger partial charge in [-0.3, -0.25) is 9.40 Å². The molecule has 0 saturated heterocycles. The van der Waals surface area contributed by atoms with E-state index in [1.807, 2.05) is 0 Å². The summed E-state index contributed by atoms with van der Waals surface area (Å²) >= 11 is 0. The lowest BCUT2D eigenvalue weighted by molar-refractivity contribution is 0.235. The quantitative estimate of drug-likeness (QED) is 0.907. The van der Waals surface area contributed by atoms with Gasteiger partial charge < -0.3 is 4.74 Å². The van der Waals surface area contributed by atoms with Crippen LogP contribution in [0.3, 0.4) is 0 Å². The Bertz CT molecular complexity index is 829. The van der Waals surface area contributed by atoms with Crippen molar-refractivity contribution in [1.82, 2.24) is 9.78 Å². The number of sulfonamides is 1. The van der Waals surface area contributed by atoms with E-state index < -0.39 is 15.8 Å². The first-order chi connectivity index (χ1) is 10.6. The van der Waals surface area contributed by atoms with Crippen LogP contribution in [-0.2, 0) is 17.1 Å². The molecule has 23 heavy (non-hydrogen) atoms. The van der Waals surface area contributed by atoms with Crippen LogP contribution in [0.2, 0.25) is 0 Å². The summed E-state index contributed by atoms with van der Waals surface area (Å²) in [5.74, 6) is -0.547. The van der Waals surface area contributed by atoms with Crippen molar-refractivity contribution >= 4 is 15.7 Å². The molecule has 0 aliphatic heterocycles. The van der Waals surface area contributed by atoms with Crippen LogP contribution < -0.4 is 9.46 Å². The molecule has 1 heterocycles. The SMILES string of the molecule is Cc1nn(C)c(C)c1NS(=O)(=O)c1cc(F)ccc1OC(C)C. The minimum absolute atomic E-state index is 0.105. The highest BCUT2D eigenvalue weighted by molar-refractivity contribution is 7.92. The zero-order valence-electron chi connectivity index (χ0n) is 13.7. The largest absolute Gasteiger partial charge is 0.490 e. The molecule has 1 aromatic carbocycles. The number of hydrogen-bond acceptors (Lipinski definition) is 4. The molecule has 0 amide bonds. The van der Waals surface area contributed by atoms with Crippen LogP contribution in [0.1, 0.15) is 25.2 Å². The van der Waals surface area contributed by atoms with Crippen molar-refractivity contribution in [2.75, 3.05) is 4.72 Å². The molecule has 0 saturated carbocycles. The van der Waals surface area contributed by atoms with Gasteiger partial charge in [-0.2, -0.15) is 5.10 Å². The van der Waals surface area contributed by atoms with E-state index in [0.717, 1.165) is 12.1 Å². The molecule has 126 valence electrons. The molecule has 2 aromatic rings. The van der Waals surface area contributed by atoms with Crippen molar-refractivity contribution in [2.24, 2.45) is 7.05 Å². The van der Waals surface area contributed by atoms with Gasteiger partial charge in [0, 0.05) is 7.05 Å². The normalized spacial score (nSPS) is 11.8. The number of aromatic nitrogens is 2. The van der Waals surface area contributed by atoms with Crippen molar-refractivity contribution in [3.05, 3.63) is 35.4 Å². The predicted octanol–water partition coefficient (Wildman–Crippen LogP) is 2.76. The number of aryl methyl sites for hydroxylation is 2. The van der Waals surface area contributed by atoms with Gasteiger partial charge in [-0.1, -0.05) is 0 Å². The fraction of sp³-hybridized carbons (Fsp3) is 0.400. The van der Waals surface area contributed by atoms with Crippen molar-refractivity contribution in [1.29, 1.82) is 0 Å². The van der Waals surface area contributed by atoms with Gasteiger partial charge in [0.15, 0.2) is 0 Å². The molecule has 0 aliphatic rings. The molecule has 0 unspecified atom stereocenters. The molecular weight excluding hydrogens is 321 g/mol. The van der Waals surface area contributed by atoms with Gasteiger partial charge in [-0.05, 0) is 45.9 Å². The van der Waals surface area contributed by atoms with Crippen LogP contribution in [-0.4, -0.2) is 24.3 Å². The van der Waals surface area contributed by atoms with Crippen LogP contribution in [0.4, 0.5) is 10.1 Å². The van der Waals surface area contributed by atoms with E-state index in [-0.39, 0.29) is 16.7 Å². The number of halogens is 1. The van der Waals surface area contributed by atoms with E-state index in [4.69, 9.17) is 4.74 Å².